The van der Waals surface area contributed by atoms with Gasteiger partial charge in [-0.05, 0) is 64.0 Å². The van der Waals surface area contributed by atoms with Gasteiger partial charge in [0.1, 0.15) is 26.4 Å². The molecule has 4 aromatic heterocycles. The number of tetrazole rings is 4. The van der Waals surface area contributed by atoms with Crippen LogP contribution < -0.4 is 10.2 Å². The van der Waals surface area contributed by atoms with Crippen LogP contribution in [0.5, 0.6) is 0 Å². The fourth-order valence-corrected chi connectivity index (χ4v) is 5.93. The average Bonchev–Trinajstić information content (AvgIpc) is 4.16. The molecule has 8 rings (SSSR count). The molecule has 0 radical (unpaired) electrons. The molecular weight excluding hydrogens is 857 g/mol. The quantitative estimate of drug-likeness (QED) is 0.0767. The van der Waals surface area contributed by atoms with Crippen molar-refractivity contribution >= 4 is 35.0 Å². The van der Waals surface area contributed by atoms with Gasteiger partial charge < -0.3 is 38.7 Å². The maximum atomic E-state index is 12.0. The van der Waals surface area contributed by atoms with Crippen molar-refractivity contribution in [2.75, 3.05) is 0 Å². The fraction of sp³-hybridized carbons (Fsp3) is 0.250. The number of carboxylic acids is 2. The third-order valence-corrected chi connectivity index (χ3v) is 8.96. The molecule has 25 heteroatoms. The van der Waals surface area contributed by atoms with Gasteiger partial charge >= 0.3 is 23.1 Å². The first-order valence-electron chi connectivity index (χ1n) is 19.4. The normalized spacial score (nSPS) is 11.0. The fourth-order valence-electron chi connectivity index (χ4n) is 5.93. The van der Waals surface area contributed by atoms with E-state index in [2.05, 4.69) is 62.1 Å². The van der Waals surface area contributed by atoms with Crippen LogP contribution >= 0.6 is 0 Å². The summed E-state index contributed by atoms with van der Waals surface area (Å²) in [5.74, 6) is -2.25. The molecule has 0 aliphatic carbocycles. The van der Waals surface area contributed by atoms with Gasteiger partial charge in [-0.1, -0.05) is 121 Å². The van der Waals surface area contributed by atoms with Crippen molar-refractivity contribution in [1.82, 2.24) is 80.8 Å². The summed E-state index contributed by atoms with van der Waals surface area (Å²) in [6.45, 7) is 1.17. The van der Waals surface area contributed by atoms with Crippen LogP contribution in [0, 0.1) is 0 Å². The van der Waals surface area contributed by atoms with Gasteiger partial charge in [-0.15, -0.1) is 20.4 Å². The van der Waals surface area contributed by atoms with Crippen molar-refractivity contribution in [3.8, 4) is 0 Å². The summed E-state index contributed by atoms with van der Waals surface area (Å²) in [5, 5.41) is 68.8. The van der Waals surface area contributed by atoms with E-state index < -0.39 is 24.3 Å². The maximum absolute atomic E-state index is 12.0. The molecule has 8 aromatic rings. The summed E-state index contributed by atoms with van der Waals surface area (Å²) < 4.78 is 26.7. The van der Waals surface area contributed by atoms with Crippen LogP contribution in [-0.2, 0) is 81.4 Å². The Kier molecular flexibility index (Phi) is 17.8. The number of rotatable bonds is 22. The minimum atomic E-state index is -1.51. The van der Waals surface area contributed by atoms with Gasteiger partial charge in [0.2, 0.25) is 0 Å². The Morgan fingerprint density at radius 3 is 0.800 bits per heavy atom. The molecule has 0 aliphatic heterocycles. The van der Waals surface area contributed by atoms with Gasteiger partial charge in [0.05, 0.1) is 38.4 Å². The molecule has 4 aromatic carbocycles. The monoisotopic (exact) mass is 894 g/mol. The minimum absolute atomic E-state index is 0. The Hall–Kier alpha value is -7.29. The second-order valence-electron chi connectivity index (χ2n) is 13.5. The first-order valence-corrected chi connectivity index (χ1v) is 19.4. The third kappa shape index (κ3) is 13.4. The maximum Gasteiger partial charge on any atom is 2.00 e. The zero-order chi connectivity index (χ0) is 44.4. The van der Waals surface area contributed by atoms with Crippen molar-refractivity contribution in [1.29, 1.82) is 0 Å². The molecule has 0 aliphatic rings. The molecule has 0 saturated carbocycles. The van der Waals surface area contributed by atoms with Crippen molar-refractivity contribution < 1.29 is 38.7 Å². The molecule has 0 spiro atoms. The van der Waals surface area contributed by atoms with E-state index in [0.29, 0.717) is 26.4 Å². The molecule has 0 atom stereocenters. The predicted molar refractivity (Wildman–Crippen MR) is 216 cm³/mol. The van der Waals surface area contributed by atoms with Gasteiger partial charge in [-0.25, -0.2) is 0 Å². The van der Waals surface area contributed by atoms with Gasteiger partial charge in [-0.3, -0.25) is 0 Å². The summed E-state index contributed by atoms with van der Waals surface area (Å²) in [5.41, 5.74) is 3.84. The number of hydrogen-bond donors (Lipinski definition) is 0. The van der Waals surface area contributed by atoms with E-state index in [4.69, 9.17) is 18.9 Å². The molecule has 0 saturated heterocycles. The summed E-state index contributed by atoms with van der Waals surface area (Å²) in [6, 6.07) is 38.1. The van der Waals surface area contributed by atoms with Crippen LogP contribution in [0.3, 0.4) is 0 Å². The molecule has 0 amide bonds. The van der Waals surface area contributed by atoms with Gasteiger partial charge in [-0.2, -0.15) is 18.7 Å². The number of carboxylic acid groups (broad SMARTS) is 2. The van der Waals surface area contributed by atoms with Crippen LogP contribution in [0.4, 0.5) is 0 Å². The second-order valence-corrected chi connectivity index (χ2v) is 13.5. The number of aliphatic carboxylic acids is 2. The predicted octanol–water partition coefficient (Wildman–Crippen LogP) is -0.601. The topological polar surface area (TPSA) is 292 Å². The Balaban J connectivity index is 0.000000212. The smallest absolute Gasteiger partial charge is 0.546 e. The molecule has 0 bridgehead atoms. The molecule has 65 heavy (non-hydrogen) atoms. The largest absolute Gasteiger partial charge is 2.00 e. The van der Waals surface area contributed by atoms with Crippen molar-refractivity contribution in [3.63, 3.8) is 0 Å². The molecule has 0 N–H and O–H groups in total. The van der Waals surface area contributed by atoms with E-state index >= 15 is 0 Å². The van der Waals surface area contributed by atoms with E-state index in [0.717, 1.165) is 41.0 Å². The molecule has 0 unspecified atom stereocenters. The first kappa shape index (κ1) is 47.2. The zero-order valence-corrected chi connectivity index (χ0v) is 35.9. The SMILES string of the molecule is O=C([O-])C(n1nnnc1COCc1ccccc1)n1nnnc1COCc1ccccc1.O=C([O-])C(n1nnnc1COCc1ccccc1)n1nnnc1COCc1ccccc1.[Mg+2]. The Bertz CT molecular complexity index is 2290. The Labute approximate surface area is 385 Å². The van der Waals surface area contributed by atoms with Gasteiger partial charge in [0.25, 0.3) is 0 Å². The van der Waals surface area contributed by atoms with Crippen molar-refractivity contribution in [2.45, 2.75) is 65.2 Å². The number of carbonyl (C=O) groups excluding carboxylic acids is 2. The van der Waals surface area contributed by atoms with Crippen LogP contribution in [0.25, 0.3) is 0 Å². The van der Waals surface area contributed by atoms with Crippen LogP contribution in [0.1, 0.15) is 57.9 Å². The number of nitrogens with zero attached hydrogens (tertiary/aromatic N) is 16. The molecular formula is C40H38MgN16O8. The van der Waals surface area contributed by atoms with Crippen LogP contribution in [-0.4, -0.2) is 116 Å². The standard InChI is InChI=1S/2C20H20N8O4.Mg/c2*29-20(30)19(27-17(21-23-25-27)13-31-11-15-7-3-1-4-8-15)28-18(22-24-26-28)14-32-12-16-9-5-2-6-10-16;/h2*1-10,19H,11-14H2,(H,29,30);/q;;+2/p-2. The second kappa shape index (κ2) is 24.5. The number of hydrogen-bond acceptors (Lipinski definition) is 20. The van der Waals surface area contributed by atoms with Gasteiger partial charge in [0.15, 0.2) is 35.6 Å². The van der Waals surface area contributed by atoms with E-state index in [1.807, 2.05) is 121 Å². The summed E-state index contributed by atoms with van der Waals surface area (Å²) in [6.07, 6.45) is -3.02. The van der Waals surface area contributed by atoms with Crippen LogP contribution in [0.2, 0.25) is 0 Å². The van der Waals surface area contributed by atoms with E-state index in [1.165, 1.54) is 0 Å². The molecule has 24 nitrogen and oxygen atoms in total. The summed E-state index contributed by atoms with van der Waals surface area (Å²) in [7, 11) is 0. The average molecular weight is 895 g/mol. The van der Waals surface area contributed by atoms with E-state index in [1.54, 1.807) is 0 Å². The number of ether oxygens (including phenoxy) is 4. The molecule has 0 fully saturated rings. The third-order valence-electron chi connectivity index (χ3n) is 8.96. The van der Waals surface area contributed by atoms with E-state index in [9.17, 15) is 19.8 Å². The minimum Gasteiger partial charge on any atom is -0.546 e. The summed E-state index contributed by atoms with van der Waals surface area (Å²) in [4.78, 5) is 23.9. The van der Waals surface area contributed by atoms with Crippen LogP contribution in [0.15, 0.2) is 121 Å². The molecule has 4 heterocycles. The number of aromatic nitrogens is 16. The number of carbonyl (C=O) groups is 2. The Morgan fingerprint density at radius 1 is 0.385 bits per heavy atom. The molecule has 328 valence electrons. The van der Waals surface area contributed by atoms with E-state index in [-0.39, 0.29) is 72.8 Å². The summed E-state index contributed by atoms with van der Waals surface area (Å²) >= 11 is 0. The van der Waals surface area contributed by atoms with Crippen molar-refractivity contribution in [3.05, 3.63) is 167 Å². The number of benzene rings is 4. The first-order chi connectivity index (χ1) is 31.4. The Morgan fingerprint density at radius 2 is 0.600 bits per heavy atom. The zero-order valence-electron chi connectivity index (χ0n) is 34.5. The van der Waals surface area contributed by atoms with Crippen molar-refractivity contribution in [2.24, 2.45) is 0 Å². The van der Waals surface area contributed by atoms with Gasteiger partial charge in [0, 0.05) is 0 Å².